The molecule has 30 heavy (non-hydrogen) atoms. The lowest BCUT2D eigenvalue weighted by Gasteiger charge is -2.52. The van der Waals surface area contributed by atoms with Crippen molar-refractivity contribution in [3.8, 4) is 0 Å². The first-order valence-corrected chi connectivity index (χ1v) is 11.6. The van der Waals surface area contributed by atoms with Crippen LogP contribution in [0, 0.1) is 11.3 Å². The number of carbonyl (C=O) groups excluding carboxylic acids is 1. The first kappa shape index (κ1) is 21.5. The van der Waals surface area contributed by atoms with Crippen LogP contribution in [0.2, 0.25) is 0 Å². The van der Waals surface area contributed by atoms with Gasteiger partial charge < -0.3 is 9.47 Å². The van der Waals surface area contributed by atoms with Gasteiger partial charge in [0.1, 0.15) is 0 Å². The van der Waals surface area contributed by atoms with Crippen LogP contribution < -0.4 is 0 Å². The van der Waals surface area contributed by atoms with E-state index in [4.69, 9.17) is 9.47 Å². The quantitative estimate of drug-likeness (QED) is 0.670. The van der Waals surface area contributed by atoms with E-state index in [2.05, 4.69) is 46.2 Å². The summed E-state index contributed by atoms with van der Waals surface area (Å²) in [7, 11) is 0. The summed E-state index contributed by atoms with van der Waals surface area (Å²) >= 11 is 0. The van der Waals surface area contributed by atoms with Gasteiger partial charge in [0.15, 0.2) is 0 Å². The van der Waals surface area contributed by atoms with E-state index in [9.17, 15) is 4.79 Å². The molecule has 3 aliphatic rings. The Hall–Kier alpha value is -1.69. The molecule has 164 valence electrons. The molecular weight excluding hydrogens is 376 g/mol. The molecule has 4 rings (SSSR count). The van der Waals surface area contributed by atoms with Crippen molar-refractivity contribution in [1.29, 1.82) is 0 Å². The molecule has 1 aliphatic carbocycles. The number of benzene rings is 1. The highest BCUT2D eigenvalue weighted by atomic mass is 16.5. The molecular formula is C25H36N2O3. The highest BCUT2D eigenvalue weighted by Gasteiger charge is 2.53. The van der Waals surface area contributed by atoms with Gasteiger partial charge in [-0.25, -0.2) is 0 Å². The van der Waals surface area contributed by atoms with Gasteiger partial charge in [-0.05, 0) is 50.6 Å². The Kier molecular flexibility index (Phi) is 7.24. The molecule has 5 nitrogen and oxygen atoms in total. The van der Waals surface area contributed by atoms with E-state index in [1.165, 1.54) is 5.56 Å². The molecule has 3 atom stereocenters. The fourth-order valence-corrected chi connectivity index (χ4v) is 5.66. The van der Waals surface area contributed by atoms with Crippen molar-refractivity contribution in [2.24, 2.45) is 11.3 Å². The van der Waals surface area contributed by atoms with Crippen LogP contribution in [-0.4, -0.2) is 74.4 Å². The second kappa shape index (κ2) is 10.1. The summed E-state index contributed by atoms with van der Waals surface area (Å²) in [4.78, 5) is 18.2. The molecule has 0 N–H and O–H groups in total. The van der Waals surface area contributed by atoms with E-state index in [0.29, 0.717) is 18.6 Å². The number of likely N-dealkylation sites (tertiary alicyclic amines) is 1. The molecule has 0 spiro atoms. The molecule has 1 saturated carbocycles. The molecule has 2 heterocycles. The third kappa shape index (κ3) is 4.79. The van der Waals surface area contributed by atoms with Crippen molar-refractivity contribution in [2.75, 3.05) is 52.5 Å². The number of fused-ring (bicyclic) bond motifs is 1. The number of rotatable bonds is 6. The average Bonchev–Trinajstić information content (AvgIpc) is 2.80. The molecule has 0 bridgehead atoms. The third-order valence-corrected chi connectivity index (χ3v) is 7.28. The van der Waals surface area contributed by atoms with E-state index >= 15 is 0 Å². The molecule has 1 aromatic rings. The van der Waals surface area contributed by atoms with Gasteiger partial charge in [0.05, 0.1) is 25.2 Å². The Labute approximate surface area is 181 Å². The predicted octanol–water partition coefficient (Wildman–Crippen LogP) is 3.46. The van der Waals surface area contributed by atoms with Gasteiger partial charge in [0.25, 0.3) is 0 Å². The zero-order valence-corrected chi connectivity index (χ0v) is 18.3. The maximum absolute atomic E-state index is 13.2. The van der Waals surface area contributed by atoms with Crippen molar-refractivity contribution in [2.45, 2.75) is 38.6 Å². The Bertz CT molecular complexity index is 716. The predicted molar refractivity (Wildman–Crippen MR) is 119 cm³/mol. The zero-order chi connectivity index (χ0) is 20.8. The lowest BCUT2D eigenvalue weighted by Crippen LogP contribution is -2.58. The summed E-state index contributed by atoms with van der Waals surface area (Å²) in [6, 6.07) is 11.0. The number of morpholine rings is 1. The molecule has 0 unspecified atom stereocenters. The second-order valence-electron chi connectivity index (χ2n) is 8.99. The molecule has 1 aromatic carbocycles. The van der Waals surface area contributed by atoms with Crippen LogP contribution in [0.5, 0.6) is 0 Å². The van der Waals surface area contributed by atoms with Gasteiger partial charge in [-0.1, -0.05) is 42.5 Å². The number of hydrogen-bond donors (Lipinski definition) is 0. The molecule has 0 amide bonds. The Balaban J connectivity index is 1.42. The molecule has 3 fully saturated rings. The van der Waals surface area contributed by atoms with Gasteiger partial charge in [0.2, 0.25) is 0 Å². The van der Waals surface area contributed by atoms with E-state index < -0.39 is 0 Å². The molecule has 5 heteroatoms. The van der Waals surface area contributed by atoms with E-state index in [1.54, 1.807) is 0 Å². The second-order valence-corrected chi connectivity index (χ2v) is 8.99. The maximum Gasteiger partial charge on any atom is 0.313 e. The summed E-state index contributed by atoms with van der Waals surface area (Å²) in [6.07, 6.45) is 8.64. The molecule has 2 aliphatic heterocycles. The topological polar surface area (TPSA) is 42.0 Å². The fraction of sp³-hybridized carbons (Fsp3) is 0.640. The number of ether oxygens (including phenoxy) is 2. The number of carbonyl (C=O) groups is 1. The molecule has 0 radical (unpaired) electrons. The highest BCUT2D eigenvalue weighted by molar-refractivity contribution is 5.78. The minimum atomic E-state index is -0.336. The first-order valence-electron chi connectivity index (χ1n) is 11.6. The normalized spacial score (nSPS) is 30.8. The first-order chi connectivity index (χ1) is 14.7. The Morgan fingerprint density at radius 1 is 1.20 bits per heavy atom. The van der Waals surface area contributed by atoms with Gasteiger partial charge >= 0.3 is 5.97 Å². The molecule has 0 aromatic heterocycles. The summed E-state index contributed by atoms with van der Waals surface area (Å²) in [5, 5.41) is 0. The van der Waals surface area contributed by atoms with Crippen LogP contribution in [0.4, 0.5) is 0 Å². The minimum Gasteiger partial charge on any atom is -0.466 e. The number of piperidine rings is 1. The average molecular weight is 413 g/mol. The van der Waals surface area contributed by atoms with E-state index in [1.807, 2.05) is 13.0 Å². The standard InChI is InChI=1S/C25H36N2O3/c1-2-30-24(28)25-12-10-23(27-15-17-29-18-16-27)19-22(25)11-14-26(20-25)13-6-9-21-7-4-3-5-8-21/h3-9,22-23H,2,10-20H2,1H3/b9-6+/t22-,23+,25-/m1/s1. The summed E-state index contributed by atoms with van der Waals surface area (Å²) in [6.45, 7) is 8.89. The Morgan fingerprint density at radius 3 is 2.77 bits per heavy atom. The van der Waals surface area contributed by atoms with Crippen molar-refractivity contribution < 1.29 is 14.3 Å². The zero-order valence-electron chi connectivity index (χ0n) is 18.3. The van der Waals surface area contributed by atoms with E-state index in [0.717, 1.165) is 71.6 Å². The Morgan fingerprint density at radius 2 is 2.00 bits per heavy atom. The maximum atomic E-state index is 13.2. The van der Waals surface area contributed by atoms with Crippen LogP contribution in [-0.2, 0) is 14.3 Å². The molecule has 2 saturated heterocycles. The van der Waals surface area contributed by atoms with Crippen LogP contribution in [0.25, 0.3) is 6.08 Å². The van der Waals surface area contributed by atoms with Crippen molar-refractivity contribution in [3.05, 3.63) is 42.0 Å². The summed E-state index contributed by atoms with van der Waals surface area (Å²) in [5.41, 5.74) is 0.885. The number of hydrogen-bond acceptors (Lipinski definition) is 5. The lowest BCUT2D eigenvalue weighted by molar-refractivity contribution is -0.169. The largest absolute Gasteiger partial charge is 0.466 e. The minimum absolute atomic E-state index is 0.0344. The van der Waals surface area contributed by atoms with Crippen LogP contribution in [0.1, 0.15) is 38.2 Å². The van der Waals surface area contributed by atoms with Crippen LogP contribution >= 0.6 is 0 Å². The van der Waals surface area contributed by atoms with Gasteiger partial charge in [-0.2, -0.15) is 0 Å². The summed E-state index contributed by atoms with van der Waals surface area (Å²) in [5.74, 6) is 0.458. The van der Waals surface area contributed by atoms with Gasteiger partial charge in [0, 0.05) is 32.2 Å². The van der Waals surface area contributed by atoms with E-state index in [-0.39, 0.29) is 11.4 Å². The van der Waals surface area contributed by atoms with Crippen LogP contribution in [0.3, 0.4) is 0 Å². The van der Waals surface area contributed by atoms with Gasteiger partial charge in [-0.15, -0.1) is 0 Å². The lowest BCUT2D eigenvalue weighted by atomic mass is 9.61. The third-order valence-electron chi connectivity index (χ3n) is 7.28. The smallest absolute Gasteiger partial charge is 0.313 e. The van der Waals surface area contributed by atoms with Crippen LogP contribution in [0.15, 0.2) is 36.4 Å². The monoisotopic (exact) mass is 412 g/mol. The fourth-order valence-electron chi connectivity index (χ4n) is 5.66. The number of esters is 1. The SMILES string of the molecule is CCOC(=O)[C@@]12CC[C@H](N3CCOCC3)C[C@H]1CCN(C/C=C/c1ccccc1)C2. The highest BCUT2D eigenvalue weighted by Crippen LogP contribution is 2.48. The number of nitrogens with zero attached hydrogens (tertiary/aromatic N) is 2. The van der Waals surface area contributed by atoms with Crippen molar-refractivity contribution >= 4 is 12.0 Å². The van der Waals surface area contributed by atoms with Gasteiger partial charge in [-0.3, -0.25) is 14.6 Å². The van der Waals surface area contributed by atoms with Crippen molar-refractivity contribution in [1.82, 2.24) is 9.80 Å². The summed E-state index contributed by atoms with van der Waals surface area (Å²) < 4.78 is 11.2. The van der Waals surface area contributed by atoms with Crippen molar-refractivity contribution in [3.63, 3.8) is 0 Å².